The van der Waals surface area contributed by atoms with Gasteiger partial charge in [0, 0.05) is 31.8 Å². The van der Waals surface area contributed by atoms with E-state index >= 15 is 0 Å². The van der Waals surface area contributed by atoms with Crippen LogP contribution in [0.2, 0.25) is 0 Å². The first-order valence-electron chi connectivity index (χ1n) is 11.9. The zero-order valence-electron chi connectivity index (χ0n) is 18.3. The molecule has 4 aliphatic rings. The Morgan fingerprint density at radius 2 is 2.03 bits per heavy atom. The summed E-state index contributed by atoms with van der Waals surface area (Å²) in [4.78, 5) is 27.7. The number of carbonyl (C=O) groups is 2. The van der Waals surface area contributed by atoms with E-state index in [9.17, 15) is 14.0 Å². The highest BCUT2D eigenvalue weighted by Crippen LogP contribution is 2.62. The minimum absolute atomic E-state index is 0.0670. The normalized spacial score (nSPS) is 34.8. The van der Waals surface area contributed by atoms with E-state index in [2.05, 4.69) is 13.0 Å². The van der Waals surface area contributed by atoms with Crippen molar-refractivity contribution in [3.8, 4) is 0 Å². The number of amides is 1. The summed E-state index contributed by atoms with van der Waals surface area (Å²) in [6.45, 7) is 3.06. The molecule has 4 heteroatoms. The number of fused-ring (bicyclic) bond motifs is 5. The highest BCUT2D eigenvalue weighted by molar-refractivity contribution is 5.88. The number of rotatable bonds is 5. The van der Waals surface area contributed by atoms with Crippen LogP contribution in [0.4, 0.5) is 4.39 Å². The van der Waals surface area contributed by atoms with Crippen LogP contribution in [-0.4, -0.2) is 30.2 Å². The van der Waals surface area contributed by atoms with E-state index in [1.54, 1.807) is 6.07 Å². The minimum atomic E-state index is -0.250. The predicted molar refractivity (Wildman–Crippen MR) is 114 cm³/mol. The second-order valence-electron chi connectivity index (χ2n) is 10.7. The maximum absolute atomic E-state index is 14.4. The van der Waals surface area contributed by atoms with Gasteiger partial charge in [0.1, 0.15) is 11.6 Å². The standard InChI is InChI=1S/C26H34FNO2/c1-26-13-12-19-18-4-3-5-22(27)20(18)9-10-21(19)25(26)17(14-23(26)29)8-11-24(30)28(2)15-16-6-7-16/h3-5,16-17,19,21,25H,6-15H2,1-2H3/t17-,19?,21?,25?,26-/m1/s1. The highest BCUT2D eigenvalue weighted by atomic mass is 19.1. The van der Waals surface area contributed by atoms with Crippen molar-refractivity contribution >= 4 is 11.7 Å². The van der Waals surface area contributed by atoms with Crippen molar-refractivity contribution in [3.05, 3.63) is 35.1 Å². The molecule has 0 aliphatic heterocycles. The maximum atomic E-state index is 14.4. The lowest BCUT2D eigenvalue weighted by molar-refractivity contribution is -0.130. The van der Waals surface area contributed by atoms with E-state index in [1.807, 2.05) is 18.0 Å². The molecule has 1 aromatic rings. The van der Waals surface area contributed by atoms with Gasteiger partial charge in [0.05, 0.1) is 0 Å². The fourth-order valence-corrected chi connectivity index (χ4v) is 7.19. The van der Waals surface area contributed by atoms with Crippen molar-refractivity contribution in [2.75, 3.05) is 13.6 Å². The number of benzene rings is 1. The molecule has 0 radical (unpaired) electrons. The molecule has 4 aliphatic carbocycles. The van der Waals surface area contributed by atoms with E-state index in [0.717, 1.165) is 44.2 Å². The molecule has 0 spiro atoms. The molecule has 30 heavy (non-hydrogen) atoms. The predicted octanol–water partition coefficient (Wildman–Crippen LogP) is 5.13. The van der Waals surface area contributed by atoms with Gasteiger partial charge in [-0.1, -0.05) is 19.1 Å². The summed E-state index contributed by atoms with van der Waals surface area (Å²) in [7, 11) is 1.92. The Bertz CT molecular complexity index is 863. The van der Waals surface area contributed by atoms with Crippen LogP contribution in [0.3, 0.4) is 0 Å². The van der Waals surface area contributed by atoms with Gasteiger partial charge in [0.2, 0.25) is 5.91 Å². The molecular formula is C26H34FNO2. The molecule has 1 aromatic carbocycles. The number of halogens is 1. The van der Waals surface area contributed by atoms with Crippen LogP contribution in [0, 0.1) is 34.9 Å². The molecule has 0 bridgehead atoms. The molecule has 0 aromatic heterocycles. The molecule has 3 nitrogen and oxygen atoms in total. The van der Waals surface area contributed by atoms with Crippen LogP contribution in [0.1, 0.15) is 75.3 Å². The third-order valence-electron chi connectivity index (χ3n) is 8.95. The number of ketones is 1. The Kier molecular flexibility index (Phi) is 5.02. The zero-order chi connectivity index (χ0) is 21.0. The molecule has 3 fully saturated rings. The molecule has 3 saturated carbocycles. The second kappa shape index (κ2) is 7.46. The summed E-state index contributed by atoms with van der Waals surface area (Å²) in [5, 5.41) is 0. The largest absolute Gasteiger partial charge is 0.345 e. The lowest BCUT2D eigenvalue weighted by Gasteiger charge is -2.50. The van der Waals surface area contributed by atoms with Crippen molar-refractivity contribution in [2.45, 2.75) is 70.6 Å². The number of hydrogen-bond acceptors (Lipinski definition) is 2. The summed E-state index contributed by atoms with van der Waals surface area (Å²) in [5.74, 6) is 2.70. The van der Waals surface area contributed by atoms with Gasteiger partial charge >= 0.3 is 0 Å². The molecule has 5 atom stereocenters. The van der Waals surface area contributed by atoms with Gasteiger partial charge < -0.3 is 4.90 Å². The van der Waals surface area contributed by atoms with Crippen LogP contribution in [-0.2, 0) is 16.0 Å². The van der Waals surface area contributed by atoms with Gasteiger partial charge in [0.25, 0.3) is 0 Å². The molecular weight excluding hydrogens is 377 g/mol. The second-order valence-corrected chi connectivity index (χ2v) is 10.7. The minimum Gasteiger partial charge on any atom is -0.345 e. The Morgan fingerprint density at radius 1 is 1.23 bits per heavy atom. The lowest BCUT2D eigenvalue weighted by Crippen LogP contribution is -2.44. The molecule has 162 valence electrons. The lowest BCUT2D eigenvalue weighted by atomic mass is 9.54. The Hall–Kier alpha value is -1.71. The van der Waals surface area contributed by atoms with Crippen LogP contribution in [0.15, 0.2) is 18.2 Å². The number of nitrogens with zero attached hydrogens (tertiary/aromatic N) is 1. The number of Topliss-reactive ketones (excluding diaryl/α,β-unsaturated/α-hetero) is 1. The Morgan fingerprint density at radius 3 is 2.80 bits per heavy atom. The van der Waals surface area contributed by atoms with Crippen LogP contribution in [0.5, 0.6) is 0 Å². The van der Waals surface area contributed by atoms with E-state index in [-0.39, 0.29) is 17.1 Å². The van der Waals surface area contributed by atoms with E-state index < -0.39 is 0 Å². The molecule has 1 amide bonds. The average molecular weight is 412 g/mol. The monoisotopic (exact) mass is 411 g/mol. The molecule has 0 heterocycles. The summed E-state index contributed by atoms with van der Waals surface area (Å²) in [5.41, 5.74) is 1.84. The molecule has 3 unspecified atom stereocenters. The molecule has 5 rings (SSSR count). The maximum Gasteiger partial charge on any atom is 0.222 e. The average Bonchev–Trinajstić information content (AvgIpc) is 3.50. The van der Waals surface area contributed by atoms with Gasteiger partial charge in [-0.2, -0.15) is 0 Å². The summed E-state index contributed by atoms with van der Waals surface area (Å²) in [6.07, 6.45) is 8.13. The topological polar surface area (TPSA) is 37.4 Å². The first kappa shape index (κ1) is 20.2. The van der Waals surface area contributed by atoms with Crippen molar-refractivity contribution < 1.29 is 14.0 Å². The van der Waals surface area contributed by atoms with Crippen molar-refractivity contribution in [1.82, 2.24) is 4.90 Å². The third kappa shape index (κ3) is 3.31. The smallest absolute Gasteiger partial charge is 0.222 e. The highest BCUT2D eigenvalue weighted by Gasteiger charge is 2.58. The zero-order valence-corrected chi connectivity index (χ0v) is 18.3. The quantitative estimate of drug-likeness (QED) is 0.674. The van der Waals surface area contributed by atoms with Crippen molar-refractivity contribution in [3.63, 3.8) is 0 Å². The van der Waals surface area contributed by atoms with Crippen LogP contribution >= 0.6 is 0 Å². The molecule has 0 saturated heterocycles. The Balaban J connectivity index is 1.34. The summed E-state index contributed by atoms with van der Waals surface area (Å²) in [6, 6.07) is 5.54. The van der Waals surface area contributed by atoms with Gasteiger partial charge in [-0.25, -0.2) is 4.39 Å². The first-order valence-corrected chi connectivity index (χ1v) is 11.9. The van der Waals surface area contributed by atoms with E-state index in [0.29, 0.717) is 48.2 Å². The van der Waals surface area contributed by atoms with Gasteiger partial charge in [-0.15, -0.1) is 0 Å². The van der Waals surface area contributed by atoms with Crippen molar-refractivity contribution in [2.24, 2.45) is 29.1 Å². The summed E-state index contributed by atoms with van der Waals surface area (Å²) >= 11 is 0. The third-order valence-corrected chi connectivity index (χ3v) is 8.95. The Labute approximate surface area is 179 Å². The van der Waals surface area contributed by atoms with Crippen LogP contribution in [0.25, 0.3) is 0 Å². The summed E-state index contributed by atoms with van der Waals surface area (Å²) < 4.78 is 14.4. The van der Waals surface area contributed by atoms with Gasteiger partial charge in [-0.3, -0.25) is 9.59 Å². The van der Waals surface area contributed by atoms with Crippen molar-refractivity contribution in [1.29, 1.82) is 0 Å². The fourth-order valence-electron chi connectivity index (χ4n) is 7.19. The fraction of sp³-hybridized carbons (Fsp3) is 0.692. The number of hydrogen-bond donors (Lipinski definition) is 0. The first-order chi connectivity index (χ1) is 14.4. The van der Waals surface area contributed by atoms with Gasteiger partial charge in [0.15, 0.2) is 0 Å². The van der Waals surface area contributed by atoms with Crippen LogP contribution < -0.4 is 0 Å². The SMILES string of the molecule is CN(CC1CC1)C(=O)CC[C@@H]1CC(=O)[C@@]2(C)CCC3c4cccc(F)c4CCC3C12. The van der Waals surface area contributed by atoms with E-state index in [1.165, 1.54) is 18.4 Å². The van der Waals surface area contributed by atoms with E-state index in [4.69, 9.17) is 0 Å². The number of carbonyl (C=O) groups excluding carboxylic acids is 2. The molecule has 0 N–H and O–H groups in total. The van der Waals surface area contributed by atoms with Gasteiger partial charge in [-0.05, 0) is 91.7 Å².